The molecule has 1 unspecified atom stereocenters. The Kier molecular flexibility index (Phi) is 6.15. The van der Waals surface area contributed by atoms with E-state index in [1.54, 1.807) is 0 Å². The number of aliphatic hydroxyl groups excluding tert-OH is 1. The molecule has 1 heterocycles. The standard InChI is InChI=1S/C16H26N2O2/c17-15-5-7-16(8-6-15)18-9-3-1-2-4-14(12-18)13-20-11-10-19/h5-8,14,19H,1-4,9-13,17H2. The van der Waals surface area contributed by atoms with Crippen LogP contribution in [0.4, 0.5) is 11.4 Å². The molecular weight excluding hydrogens is 252 g/mol. The molecule has 4 nitrogen and oxygen atoms in total. The summed E-state index contributed by atoms with van der Waals surface area (Å²) in [6, 6.07) is 8.13. The van der Waals surface area contributed by atoms with Gasteiger partial charge in [0.1, 0.15) is 0 Å². The van der Waals surface area contributed by atoms with E-state index < -0.39 is 0 Å². The number of ether oxygens (including phenoxy) is 1. The van der Waals surface area contributed by atoms with Crippen LogP contribution in [0.1, 0.15) is 25.7 Å². The van der Waals surface area contributed by atoms with Crippen LogP contribution >= 0.6 is 0 Å². The number of hydrogen-bond donors (Lipinski definition) is 2. The molecule has 0 saturated carbocycles. The average molecular weight is 278 g/mol. The molecular formula is C16H26N2O2. The molecule has 0 amide bonds. The molecule has 1 aliphatic heterocycles. The van der Waals surface area contributed by atoms with Gasteiger partial charge in [-0.25, -0.2) is 0 Å². The highest BCUT2D eigenvalue weighted by atomic mass is 16.5. The van der Waals surface area contributed by atoms with Crippen molar-refractivity contribution in [3.05, 3.63) is 24.3 Å². The summed E-state index contributed by atoms with van der Waals surface area (Å²) in [7, 11) is 0. The van der Waals surface area contributed by atoms with E-state index in [-0.39, 0.29) is 6.61 Å². The number of anilines is 2. The van der Waals surface area contributed by atoms with Gasteiger partial charge in [0.2, 0.25) is 0 Å². The Morgan fingerprint density at radius 2 is 2.00 bits per heavy atom. The molecule has 20 heavy (non-hydrogen) atoms. The molecule has 0 aliphatic carbocycles. The molecule has 1 saturated heterocycles. The predicted molar refractivity (Wildman–Crippen MR) is 82.9 cm³/mol. The van der Waals surface area contributed by atoms with Crippen LogP contribution in [0.25, 0.3) is 0 Å². The number of benzene rings is 1. The average Bonchev–Trinajstić information content (AvgIpc) is 2.42. The summed E-state index contributed by atoms with van der Waals surface area (Å²) >= 11 is 0. The lowest BCUT2D eigenvalue weighted by Crippen LogP contribution is -2.34. The van der Waals surface area contributed by atoms with Crippen LogP contribution in [0.3, 0.4) is 0 Å². The van der Waals surface area contributed by atoms with Crippen molar-refractivity contribution in [2.75, 3.05) is 43.5 Å². The summed E-state index contributed by atoms with van der Waals surface area (Å²) in [6.07, 6.45) is 5.01. The summed E-state index contributed by atoms with van der Waals surface area (Å²) in [5.41, 5.74) is 7.81. The van der Waals surface area contributed by atoms with Crippen molar-refractivity contribution in [1.82, 2.24) is 0 Å². The maximum Gasteiger partial charge on any atom is 0.0697 e. The molecule has 4 heteroatoms. The quantitative estimate of drug-likeness (QED) is 0.641. The molecule has 1 aromatic carbocycles. The monoisotopic (exact) mass is 278 g/mol. The molecule has 0 aromatic heterocycles. The lowest BCUT2D eigenvalue weighted by atomic mass is 9.98. The SMILES string of the molecule is Nc1ccc(N2CCCCCC(COCCO)C2)cc1. The predicted octanol–water partition coefficient (Wildman–Crippen LogP) is 2.27. The first-order valence-corrected chi connectivity index (χ1v) is 7.58. The number of rotatable bonds is 5. The third kappa shape index (κ3) is 4.69. The molecule has 1 fully saturated rings. The van der Waals surface area contributed by atoms with Crippen molar-refractivity contribution in [2.45, 2.75) is 25.7 Å². The topological polar surface area (TPSA) is 58.7 Å². The third-order valence-corrected chi connectivity index (χ3v) is 3.87. The van der Waals surface area contributed by atoms with Gasteiger partial charge >= 0.3 is 0 Å². The van der Waals surface area contributed by atoms with Crippen molar-refractivity contribution in [3.63, 3.8) is 0 Å². The van der Waals surface area contributed by atoms with Gasteiger partial charge in [0.25, 0.3) is 0 Å². The Morgan fingerprint density at radius 1 is 1.20 bits per heavy atom. The van der Waals surface area contributed by atoms with Crippen molar-refractivity contribution >= 4 is 11.4 Å². The first-order valence-electron chi connectivity index (χ1n) is 7.58. The van der Waals surface area contributed by atoms with E-state index in [0.29, 0.717) is 12.5 Å². The van der Waals surface area contributed by atoms with Crippen LogP contribution in [0.2, 0.25) is 0 Å². The molecule has 0 radical (unpaired) electrons. The second kappa shape index (κ2) is 8.12. The molecule has 0 bridgehead atoms. The maximum atomic E-state index is 8.81. The van der Waals surface area contributed by atoms with Crippen LogP contribution in [0.15, 0.2) is 24.3 Å². The van der Waals surface area contributed by atoms with Crippen LogP contribution in [-0.2, 0) is 4.74 Å². The van der Waals surface area contributed by atoms with Gasteiger partial charge in [0, 0.05) is 24.5 Å². The van der Waals surface area contributed by atoms with E-state index in [2.05, 4.69) is 17.0 Å². The number of hydrogen-bond acceptors (Lipinski definition) is 4. The molecule has 2 rings (SSSR count). The van der Waals surface area contributed by atoms with Gasteiger partial charge in [-0.05, 0) is 43.0 Å². The summed E-state index contributed by atoms with van der Waals surface area (Å²) in [5, 5.41) is 8.81. The van der Waals surface area contributed by atoms with Gasteiger partial charge in [-0.2, -0.15) is 0 Å². The summed E-state index contributed by atoms with van der Waals surface area (Å²) in [4.78, 5) is 2.44. The molecule has 1 atom stereocenters. The van der Waals surface area contributed by atoms with Crippen molar-refractivity contribution in [3.8, 4) is 0 Å². The summed E-state index contributed by atoms with van der Waals surface area (Å²) < 4.78 is 5.53. The summed E-state index contributed by atoms with van der Waals surface area (Å²) in [5.74, 6) is 0.541. The second-order valence-electron chi connectivity index (χ2n) is 5.55. The smallest absolute Gasteiger partial charge is 0.0697 e. The zero-order chi connectivity index (χ0) is 14.2. The number of nitrogens with zero attached hydrogens (tertiary/aromatic N) is 1. The minimum atomic E-state index is 0.106. The highest BCUT2D eigenvalue weighted by Crippen LogP contribution is 2.23. The Bertz CT molecular complexity index is 381. The van der Waals surface area contributed by atoms with Crippen molar-refractivity contribution in [2.24, 2.45) is 5.92 Å². The number of nitrogens with two attached hydrogens (primary N) is 1. The van der Waals surface area contributed by atoms with E-state index in [1.807, 2.05) is 12.1 Å². The van der Waals surface area contributed by atoms with Crippen LogP contribution < -0.4 is 10.6 Å². The minimum absolute atomic E-state index is 0.106. The Balaban J connectivity index is 1.96. The van der Waals surface area contributed by atoms with E-state index in [4.69, 9.17) is 15.6 Å². The molecule has 3 N–H and O–H groups in total. The van der Waals surface area contributed by atoms with E-state index in [9.17, 15) is 0 Å². The van der Waals surface area contributed by atoms with E-state index >= 15 is 0 Å². The molecule has 112 valence electrons. The summed E-state index contributed by atoms with van der Waals surface area (Å²) in [6.45, 7) is 3.41. The van der Waals surface area contributed by atoms with Gasteiger partial charge in [-0.15, -0.1) is 0 Å². The fourth-order valence-corrected chi connectivity index (χ4v) is 2.78. The van der Waals surface area contributed by atoms with E-state index in [1.165, 1.54) is 31.4 Å². The van der Waals surface area contributed by atoms with Crippen LogP contribution in [0.5, 0.6) is 0 Å². The fourth-order valence-electron chi connectivity index (χ4n) is 2.78. The minimum Gasteiger partial charge on any atom is -0.399 e. The van der Waals surface area contributed by atoms with Crippen molar-refractivity contribution in [1.29, 1.82) is 0 Å². The third-order valence-electron chi connectivity index (χ3n) is 3.87. The van der Waals surface area contributed by atoms with Gasteiger partial charge in [0.15, 0.2) is 0 Å². The number of nitrogen functional groups attached to an aromatic ring is 1. The first-order chi connectivity index (χ1) is 9.79. The Hall–Kier alpha value is -1.26. The lowest BCUT2D eigenvalue weighted by Gasteiger charge is -2.31. The van der Waals surface area contributed by atoms with Gasteiger partial charge in [0.05, 0.1) is 19.8 Å². The highest BCUT2D eigenvalue weighted by Gasteiger charge is 2.17. The second-order valence-corrected chi connectivity index (χ2v) is 5.55. The van der Waals surface area contributed by atoms with Gasteiger partial charge in [-0.1, -0.05) is 12.8 Å². The zero-order valence-electron chi connectivity index (χ0n) is 12.1. The fraction of sp³-hybridized carbons (Fsp3) is 0.625. The van der Waals surface area contributed by atoms with Crippen LogP contribution in [0, 0.1) is 5.92 Å². The highest BCUT2D eigenvalue weighted by molar-refractivity contribution is 5.53. The van der Waals surface area contributed by atoms with Gasteiger partial charge < -0.3 is 20.5 Å². The normalized spacial score (nSPS) is 20.4. The van der Waals surface area contributed by atoms with Crippen LogP contribution in [-0.4, -0.2) is 38.0 Å². The lowest BCUT2D eigenvalue weighted by molar-refractivity contribution is 0.0656. The maximum absolute atomic E-state index is 8.81. The largest absolute Gasteiger partial charge is 0.399 e. The first kappa shape index (κ1) is 15.1. The Labute approximate surface area is 121 Å². The zero-order valence-corrected chi connectivity index (χ0v) is 12.1. The van der Waals surface area contributed by atoms with E-state index in [0.717, 1.165) is 25.4 Å². The molecule has 1 aromatic rings. The molecule has 0 spiro atoms. The van der Waals surface area contributed by atoms with Gasteiger partial charge in [-0.3, -0.25) is 0 Å². The Morgan fingerprint density at radius 3 is 2.75 bits per heavy atom. The van der Waals surface area contributed by atoms with Crippen molar-refractivity contribution < 1.29 is 9.84 Å². The molecule has 1 aliphatic rings. The number of aliphatic hydroxyl groups is 1.